The van der Waals surface area contributed by atoms with Crippen LogP contribution in [0.15, 0.2) is 35.2 Å². The van der Waals surface area contributed by atoms with E-state index in [0.29, 0.717) is 25.9 Å². The monoisotopic (exact) mass is 339 g/mol. The number of hydrogen-bond acceptors (Lipinski definition) is 4. The summed E-state index contributed by atoms with van der Waals surface area (Å²) < 4.78 is 26.8. The van der Waals surface area contributed by atoms with Crippen molar-refractivity contribution in [2.75, 3.05) is 19.6 Å². The largest absolute Gasteiger partial charge is 0.353 e. The smallest absolute Gasteiger partial charge is 0.243 e. The van der Waals surface area contributed by atoms with Crippen molar-refractivity contribution in [2.24, 2.45) is 0 Å². The standard InChI is InChI=1S/C16H25N3O3S/c1-3-17-13(2)12-18-16(20)15-10-7-11-19(15)23(21,22)14-8-5-4-6-9-14/h4-6,8-9,13,15,17H,3,7,10-12H2,1-2H3,(H,18,20)/t13-,15?/m1/s1. The van der Waals surface area contributed by atoms with Crippen LogP contribution in [0.1, 0.15) is 26.7 Å². The van der Waals surface area contributed by atoms with Gasteiger partial charge in [0.2, 0.25) is 15.9 Å². The van der Waals surface area contributed by atoms with Gasteiger partial charge in [-0.05, 0) is 38.4 Å². The van der Waals surface area contributed by atoms with Gasteiger partial charge in [0.25, 0.3) is 0 Å². The fraction of sp³-hybridized carbons (Fsp3) is 0.562. The number of benzene rings is 1. The molecule has 0 aromatic heterocycles. The van der Waals surface area contributed by atoms with Crippen molar-refractivity contribution in [1.29, 1.82) is 0 Å². The van der Waals surface area contributed by atoms with Gasteiger partial charge >= 0.3 is 0 Å². The van der Waals surface area contributed by atoms with Crippen molar-refractivity contribution >= 4 is 15.9 Å². The molecule has 2 N–H and O–H groups in total. The van der Waals surface area contributed by atoms with Crippen molar-refractivity contribution < 1.29 is 13.2 Å². The summed E-state index contributed by atoms with van der Waals surface area (Å²) in [5.41, 5.74) is 0. The Morgan fingerprint density at radius 3 is 2.70 bits per heavy atom. The highest BCUT2D eigenvalue weighted by atomic mass is 32.2. The molecule has 0 aliphatic carbocycles. The van der Waals surface area contributed by atoms with E-state index in [2.05, 4.69) is 10.6 Å². The Morgan fingerprint density at radius 1 is 1.35 bits per heavy atom. The first kappa shape index (κ1) is 17.9. The summed E-state index contributed by atoms with van der Waals surface area (Å²) in [5, 5.41) is 6.07. The van der Waals surface area contributed by atoms with Crippen LogP contribution in [0.25, 0.3) is 0 Å². The molecule has 1 heterocycles. The van der Waals surface area contributed by atoms with E-state index >= 15 is 0 Å². The topological polar surface area (TPSA) is 78.5 Å². The molecule has 1 aromatic rings. The van der Waals surface area contributed by atoms with Gasteiger partial charge in [0.15, 0.2) is 0 Å². The zero-order valence-electron chi connectivity index (χ0n) is 13.7. The van der Waals surface area contributed by atoms with E-state index in [1.54, 1.807) is 30.3 Å². The molecule has 2 atom stereocenters. The first-order valence-corrected chi connectivity index (χ1v) is 9.48. The summed E-state index contributed by atoms with van der Waals surface area (Å²) in [6.07, 6.45) is 1.26. The molecule has 1 saturated heterocycles. The fourth-order valence-corrected chi connectivity index (χ4v) is 4.49. The third kappa shape index (κ3) is 4.31. The van der Waals surface area contributed by atoms with Crippen LogP contribution in [-0.4, -0.2) is 50.3 Å². The number of likely N-dealkylation sites (N-methyl/N-ethyl adjacent to an activating group) is 1. The number of nitrogens with zero attached hydrogens (tertiary/aromatic N) is 1. The number of hydrogen-bond donors (Lipinski definition) is 2. The molecule has 1 unspecified atom stereocenters. The van der Waals surface area contributed by atoms with Gasteiger partial charge in [-0.2, -0.15) is 4.31 Å². The predicted octanol–water partition coefficient (Wildman–Crippen LogP) is 0.954. The first-order chi connectivity index (χ1) is 11.0. The third-order valence-corrected chi connectivity index (χ3v) is 5.91. The Kier molecular flexibility index (Phi) is 6.15. The second kappa shape index (κ2) is 7.90. The lowest BCUT2D eigenvalue weighted by Gasteiger charge is -2.24. The van der Waals surface area contributed by atoms with Gasteiger partial charge in [-0.25, -0.2) is 8.42 Å². The molecule has 1 amide bonds. The minimum Gasteiger partial charge on any atom is -0.353 e. The summed E-state index contributed by atoms with van der Waals surface area (Å²) >= 11 is 0. The molecule has 0 radical (unpaired) electrons. The summed E-state index contributed by atoms with van der Waals surface area (Å²) in [7, 11) is -3.62. The van der Waals surface area contributed by atoms with Crippen molar-refractivity contribution in [3.63, 3.8) is 0 Å². The second-order valence-electron chi connectivity index (χ2n) is 5.79. The lowest BCUT2D eigenvalue weighted by molar-refractivity contribution is -0.124. The molecule has 128 valence electrons. The highest BCUT2D eigenvalue weighted by molar-refractivity contribution is 7.89. The number of carbonyl (C=O) groups excluding carboxylic acids is 1. The zero-order chi connectivity index (χ0) is 16.9. The van der Waals surface area contributed by atoms with Crippen LogP contribution in [0, 0.1) is 0 Å². The van der Waals surface area contributed by atoms with E-state index in [0.717, 1.165) is 6.54 Å². The SMILES string of the molecule is CCN[C@H](C)CNC(=O)C1CCCN1S(=O)(=O)c1ccccc1. The average molecular weight is 339 g/mol. The molecule has 1 aromatic carbocycles. The Hall–Kier alpha value is -1.44. The summed E-state index contributed by atoms with van der Waals surface area (Å²) in [6, 6.07) is 7.83. The quantitative estimate of drug-likeness (QED) is 0.775. The molecular weight excluding hydrogens is 314 g/mol. The molecule has 6 nitrogen and oxygen atoms in total. The zero-order valence-corrected chi connectivity index (χ0v) is 14.5. The number of nitrogens with one attached hydrogen (secondary N) is 2. The van der Waals surface area contributed by atoms with Crippen LogP contribution in [0.2, 0.25) is 0 Å². The maximum Gasteiger partial charge on any atom is 0.243 e. The van der Waals surface area contributed by atoms with Crippen LogP contribution in [-0.2, 0) is 14.8 Å². The Bertz CT molecular complexity index is 619. The van der Waals surface area contributed by atoms with Gasteiger partial charge in [0.05, 0.1) is 4.90 Å². The molecule has 1 aliphatic heterocycles. The van der Waals surface area contributed by atoms with E-state index in [-0.39, 0.29) is 16.8 Å². The summed E-state index contributed by atoms with van der Waals surface area (Å²) in [5.74, 6) is -0.216. The van der Waals surface area contributed by atoms with Crippen LogP contribution < -0.4 is 10.6 Å². The van der Waals surface area contributed by atoms with E-state index in [1.165, 1.54) is 4.31 Å². The molecule has 1 aliphatic rings. The molecule has 0 saturated carbocycles. The Balaban J connectivity index is 2.06. The number of rotatable bonds is 7. The molecule has 0 bridgehead atoms. The van der Waals surface area contributed by atoms with Gasteiger partial charge in [-0.3, -0.25) is 4.79 Å². The summed E-state index contributed by atoms with van der Waals surface area (Å²) in [4.78, 5) is 12.6. The van der Waals surface area contributed by atoms with E-state index in [9.17, 15) is 13.2 Å². The highest BCUT2D eigenvalue weighted by Crippen LogP contribution is 2.26. The molecule has 7 heteroatoms. The predicted molar refractivity (Wildman–Crippen MR) is 89.5 cm³/mol. The maximum absolute atomic E-state index is 12.7. The highest BCUT2D eigenvalue weighted by Gasteiger charge is 2.39. The lowest BCUT2D eigenvalue weighted by Crippen LogP contribution is -2.48. The first-order valence-electron chi connectivity index (χ1n) is 8.04. The second-order valence-corrected chi connectivity index (χ2v) is 7.68. The van der Waals surface area contributed by atoms with Crippen LogP contribution in [0.4, 0.5) is 0 Å². The van der Waals surface area contributed by atoms with Crippen molar-refractivity contribution in [3.8, 4) is 0 Å². The van der Waals surface area contributed by atoms with Crippen molar-refractivity contribution in [1.82, 2.24) is 14.9 Å². The van der Waals surface area contributed by atoms with Gasteiger partial charge in [0.1, 0.15) is 6.04 Å². The minimum atomic E-state index is -3.62. The van der Waals surface area contributed by atoms with Crippen LogP contribution in [0.5, 0.6) is 0 Å². The molecule has 23 heavy (non-hydrogen) atoms. The maximum atomic E-state index is 12.7. The van der Waals surface area contributed by atoms with Gasteiger partial charge in [-0.1, -0.05) is 25.1 Å². The molecular formula is C16H25N3O3S. The van der Waals surface area contributed by atoms with Gasteiger partial charge in [0, 0.05) is 19.1 Å². The molecule has 2 rings (SSSR count). The van der Waals surface area contributed by atoms with Gasteiger partial charge < -0.3 is 10.6 Å². The van der Waals surface area contributed by atoms with E-state index in [1.807, 2.05) is 13.8 Å². The fourth-order valence-electron chi connectivity index (χ4n) is 2.81. The Morgan fingerprint density at radius 2 is 2.04 bits per heavy atom. The lowest BCUT2D eigenvalue weighted by atomic mass is 10.2. The van der Waals surface area contributed by atoms with E-state index < -0.39 is 16.1 Å². The normalized spacial score (nSPS) is 20.3. The van der Waals surface area contributed by atoms with Crippen molar-refractivity contribution in [2.45, 2.75) is 43.7 Å². The van der Waals surface area contributed by atoms with Crippen molar-refractivity contribution in [3.05, 3.63) is 30.3 Å². The van der Waals surface area contributed by atoms with Crippen LogP contribution in [0.3, 0.4) is 0 Å². The van der Waals surface area contributed by atoms with Gasteiger partial charge in [-0.15, -0.1) is 0 Å². The van der Waals surface area contributed by atoms with E-state index in [4.69, 9.17) is 0 Å². The summed E-state index contributed by atoms with van der Waals surface area (Å²) in [6.45, 7) is 5.69. The minimum absolute atomic E-state index is 0.157. The Labute approximate surface area is 138 Å². The number of carbonyl (C=O) groups is 1. The third-order valence-electron chi connectivity index (χ3n) is 3.99. The number of sulfonamides is 1. The average Bonchev–Trinajstić information content (AvgIpc) is 3.04. The molecule has 0 spiro atoms. The van der Waals surface area contributed by atoms with Crippen LogP contribution >= 0.6 is 0 Å². The molecule has 1 fully saturated rings. The number of amides is 1.